The third-order valence-corrected chi connectivity index (χ3v) is 5.40. The molecule has 7 heteroatoms. The Morgan fingerprint density at radius 3 is 1.67 bits per heavy atom. The molecule has 0 aliphatic heterocycles. The van der Waals surface area contributed by atoms with E-state index in [-0.39, 0.29) is 5.91 Å². The number of rotatable bonds is 19. The van der Waals surface area contributed by atoms with Gasteiger partial charge in [0.2, 0.25) is 11.8 Å². The van der Waals surface area contributed by atoms with Crippen LogP contribution in [0.1, 0.15) is 111 Å². The van der Waals surface area contributed by atoms with Crippen LogP contribution in [0.15, 0.2) is 0 Å². The van der Waals surface area contributed by atoms with Crippen molar-refractivity contribution in [1.29, 1.82) is 0 Å². The number of carboxylic acids is 1. The molecule has 0 heterocycles. The minimum absolute atomic E-state index is 0.335. The largest absolute Gasteiger partial charge is 0.480 e. The summed E-state index contributed by atoms with van der Waals surface area (Å²) in [7, 11) is 0. The van der Waals surface area contributed by atoms with Gasteiger partial charge in [-0.3, -0.25) is 9.59 Å². The van der Waals surface area contributed by atoms with Crippen LogP contribution in [0.25, 0.3) is 0 Å². The number of nitrogens with one attached hydrogen (secondary N) is 2. The Morgan fingerprint density at radius 2 is 1.10 bits per heavy atom. The van der Waals surface area contributed by atoms with Crippen molar-refractivity contribution in [1.82, 2.24) is 10.6 Å². The number of carbonyl (C=O) groups excluding carboxylic acids is 2. The van der Waals surface area contributed by atoms with Gasteiger partial charge in [-0.05, 0) is 19.3 Å². The van der Waals surface area contributed by atoms with Crippen molar-refractivity contribution in [3.8, 4) is 0 Å². The van der Waals surface area contributed by atoms with Crippen LogP contribution in [0.2, 0.25) is 0 Å². The maximum Gasteiger partial charge on any atom is 0.326 e. The third-order valence-electron chi connectivity index (χ3n) is 5.40. The van der Waals surface area contributed by atoms with Crippen molar-refractivity contribution in [2.24, 2.45) is 5.73 Å². The van der Waals surface area contributed by atoms with Gasteiger partial charge in [0, 0.05) is 0 Å². The fraction of sp³-hybridized carbons (Fsp3) is 0.870. The summed E-state index contributed by atoms with van der Waals surface area (Å²) in [4.78, 5) is 36.8. The first-order valence-electron chi connectivity index (χ1n) is 12.0. The number of nitrogens with two attached hydrogens (primary N) is 1. The molecule has 0 aromatic heterocycles. The molecule has 0 saturated heterocycles. The SMILES string of the molecule is CCCCCCCC(NC(=O)C(N)CCCCC)C(=O)NC(CCCCC)C(=O)O. The highest BCUT2D eigenvalue weighted by Crippen LogP contribution is 2.10. The summed E-state index contributed by atoms with van der Waals surface area (Å²) in [6.45, 7) is 6.27. The summed E-state index contributed by atoms with van der Waals surface area (Å²) in [5.41, 5.74) is 5.99. The summed E-state index contributed by atoms with van der Waals surface area (Å²) in [5, 5.41) is 14.9. The molecule has 3 atom stereocenters. The number of hydrogen-bond donors (Lipinski definition) is 4. The molecule has 5 N–H and O–H groups in total. The summed E-state index contributed by atoms with van der Waals surface area (Å²) >= 11 is 0. The fourth-order valence-corrected chi connectivity index (χ4v) is 3.37. The lowest BCUT2D eigenvalue weighted by atomic mass is 10.0. The van der Waals surface area contributed by atoms with E-state index < -0.39 is 30.0 Å². The zero-order valence-electron chi connectivity index (χ0n) is 19.4. The van der Waals surface area contributed by atoms with Gasteiger partial charge in [0.25, 0.3) is 0 Å². The average Bonchev–Trinajstić information content (AvgIpc) is 2.71. The zero-order valence-corrected chi connectivity index (χ0v) is 19.4. The van der Waals surface area contributed by atoms with E-state index in [0.29, 0.717) is 19.3 Å². The topological polar surface area (TPSA) is 122 Å². The van der Waals surface area contributed by atoms with Gasteiger partial charge in [0.1, 0.15) is 12.1 Å². The maximum atomic E-state index is 12.8. The Bertz CT molecular complexity index is 485. The van der Waals surface area contributed by atoms with Crippen LogP contribution < -0.4 is 16.4 Å². The van der Waals surface area contributed by atoms with E-state index in [4.69, 9.17) is 5.73 Å². The number of carboxylic acid groups (broad SMARTS) is 1. The monoisotopic (exact) mass is 427 g/mol. The second kappa shape index (κ2) is 18.2. The molecule has 176 valence electrons. The molecule has 0 aliphatic carbocycles. The molecular weight excluding hydrogens is 382 g/mol. The fourth-order valence-electron chi connectivity index (χ4n) is 3.37. The standard InChI is InChI=1S/C23H45N3O4/c1-4-7-10-11-14-16-19(25-21(27)18(24)15-12-8-5-2)22(28)26-20(23(29)30)17-13-9-6-3/h18-20H,4-17,24H2,1-3H3,(H,25,27)(H,26,28)(H,29,30). The second-order valence-electron chi connectivity index (χ2n) is 8.26. The van der Waals surface area contributed by atoms with Crippen molar-refractivity contribution < 1.29 is 19.5 Å². The van der Waals surface area contributed by atoms with E-state index >= 15 is 0 Å². The maximum absolute atomic E-state index is 12.8. The minimum atomic E-state index is -1.04. The molecule has 3 unspecified atom stereocenters. The van der Waals surface area contributed by atoms with Crippen LogP contribution in [-0.4, -0.2) is 41.0 Å². The highest BCUT2D eigenvalue weighted by atomic mass is 16.4. The van der Waals surface area contributed by atoms with Crippen LogP contribution >= 0.6 is 0 Å². The molecule has 0 rings (SSSR count). The molecule has 0 spiro atoms. The van der Waals surface area contributed by atoms with E-state index in [9.17, 15) is 19.5 Å². The second-order valence-corrected chi connectivity index (χ2v) is 8.26. The van der Waals surface area contributed by atoms with Crippen LogP contribution in [-0.2, 0) is 14.4 Å². The number of hydrogen-bond acceptors (Lipinski definition) is 4. The van der Waals surface area contributed by atoms with Crippen LogP contribution in [0.4, 0.5) is 0 Å². The van der Waals surface area contributed by atoms with Crippen LogP contribution in [0.3, 0.4) is 0 Å². The molecule has 0 saturated carbocycles. The van der Waals surface area contributed by atoms with Crippen molar-refractivity contribution in [2.75, 3.05) is 0 Å². The van der Waals surface area contributed by atoms with Crippen LogP contribution in [0.5, 0.6) is 0 Å². The van der Waals surface area contributed by atoms with Crippen molar-refractivity contribution >= 4 is 17.8 Å². The van der Waals surface area contributed by atoms with Crippen LogP contribution in [0, 0.1) is 0 Å². The number of aliphatic carboxylic acids is 1. The predicted molar refractivity (Wildman–Crippen MR) is 121 cm³/mol. The smallest absolute Gasteiger partial charge is 0.326 e. The summed E-state index contributed by atoms with van der Waals surface area (Å²) < 4.78 is 0. The lowest BCUT2D eigenvalue weighted by molar-refractivity contribution is -0.142. The summed E-state index contributed by atoms with van der Waals surface area (Å²) in [5.74, 6) is -1.80. The predicted octanol–water partition coefficient (Wildman–Crippen LogP) is 3.89. The first-order chi connectivity index (χ1) is 14.4. The Morgan fingerprint density at radius 1 is 0.667 bits per heavy atom. The van der Waals surface area contributed by atoms with Gasteiger partial charge < -0.3 is 21.5 Å². The van der Waals surface area contributed by atoms with E-state index in [1.807, 2.05) is 6.92 Å². The number of carbonyl (C=O) groups is 3. The summed E-state index contributed by atoms with van der Waals surface area (Å²) in [6, 6.07) is -2.32. The Balaban J connectivity index is 4.90. The van der Waals surface area contributed by atoms with Crippen molar-refractivity contribution in [3.05, 3.63) is 0 Å². The highest BCUT2D eigenvalue weighted by molar-refractivity contribution is 5.91. The molecular formula is C23H45N3O4. The van der Waals surface area contributed by atoms with Gasteiger partial charge in [-0.2, -0.15) is 0 Å². The molecule has 0 bridgehead atoms. The molecule has 0 aliphatic rings. The van der Waals surface area contributed by atoms with E-state index in [0.717, 1.165) is 70.6 Å². The number of unbranched alkanes of at least 4 members (excludes halogenated alkanes) is 8. The minimum Gasteiger partial charge on any atom is -0.480 e. The Hall–Kier alpha value is -1.63. The van der Waals surface area contributed by atoms with E-state index in [2.05, 4.69) is 24.5 Å². The molecule has 0 aromatic carbocycles. The lowest BCUT2D eigenvalue weighted by Crippen LogP contribution is -2.54. The van der Waals surface area contributed by atoms with Gasteiger partial charge in [-0.1, -0.05) is 91.4 Å². The van der Waals surface area contributed by atoms with E-state index in [1.54, 1.807) is 0 Å². The molecule has 2 amide bonds. The number of amides is 2. The first-order valence-corrected chi connectivity index (χ1v) is 12.0. The van der Waals surface area contributed by atoms with Crippen molar-refractivity contribution in [2.45, 2.75) is 129 Å². The van der Waals surface area contributed by atoms with Gasteiger partial charge >= 0.3 is 5.97 Å². The lowest BCUT2D eigenvalue weighted by Gasteiger charge is -2.23. The van der Waals surface area contributed by atoms with Gasteiger partial charge in [0.15, 0.2) is 0 Å². The zero-order chi connectivity index (χ0) is 22.8. The van der Waals surface area contributed by atoms with E-state index in [1.165, 1.54) is 0 Å². The molecule has 0 fully saturated rings. The van der Waals surface area contributed by atoms with Gasteiger partial charge in [0.05, 0.1) is 6.04 Å². The Kier molecular flexibility index (Phi) is 17.2. The molecule has 0 radical (unpaired) electrons. The van der Waals surface area contributed by atoms with Gasteiger partial charge in [-0.25, -0.2) is 4.79 Å². The summed E-state index contributed by atoms with van der Waals surface area (Å²) in [6.07, 6.45) is 12.2. The first kappa shape index (κ1) is 28.4. The Labute approximate surface area is 182 Å². The average molecular weight is 428 g/mol. The normalized spacial score (nSPS) is 14.0. The highest BCUT2D eigenvalue weighted by Gasteiger charge is 2.27. The molecule has 0 aromatic rings. The molecule has 30 heavy (non-hydrogen) atoms. The quantitative estimate of drug-likeness (QED) is 0.233. The van der Waals surface area contributed by atoms with Crippen molar-refractivity contribution in [3.63, 3.8) is 0 Å². The van der Waals surface area contributed by atoms with Gasteiger partial charge in [-0.15, -0.1) is 0 Å². The third kappa shape index (κ3) is 13.6. The molecule has 7 nitrogen and oxygen atoms in total.